The number of hydrogen-bond acceptors (Lipinski definition) is 1. The Morgan fingerprint density at radius 1 is 0.800 bits per heavy atom. The van der Waals surface area contributed by atoms with Gasteiger partial charge >= 0.3 is 0 Å². The number of hydrogen-bond donors (Lipinski definition) is 1. The molecule has 2 rings (SSSR count). The van der Waals surface area contributed by atoms with Gasteiger partial charge in [-0.1, -0.05) is 66.2 Å². The summed E-state index contributed by atoms with van der Waals surface area (Å²) in [4.78, 5) is 0. The van der Waals surface area contributed by atoms with Gasteiger partial charge in [-0.25, -0.2) is 0 Å². The first-order chi connectivity index (χ1) is 7.33. The van der Waals surface area contributed by atoms with Crippen molar-refractivity contribution in [2.24, 2.45) is 5.73 Å². The molecule has 0 aliphatic heterocycles. The lowest BCUT2D eigenvalue weighted by Crippen LogP contribution is -1.94. The Morgan fingerprint density at radius 3 is 1.53 bits per heavy atom. The van der Waals surface area contributed by atoms with E-state index in [1.165, 1.54) is 11.1 Å². The second kappa shape index (κ2) is 6.80. The lowest BCUT2D eigenvalue weighted by atomic mass is 10.2. The molecule has 0 fully saturated rings. The van der Waals surface area contributed by atoms with Crippen LogP contribution < -0.4 is 5.73 Å². The second-order valence-corrected chi connectivity index (χ2v) is 3.34. The second-order valence-electron chi connectivity index (χ2n) is 3.34. The predicted octanol–water partition coefficient (Wildman–Crippen LogP) is 3.14. The molecule has 0 unspecified atom stereocenters. The Labute approximate surface area is 91.6 Å². The maximum absolute atomic E-state index is 5.35. The number of aryl methyl sites for hydroxylation is 1. The topological polar surface area (TPSA) is 26.0 Å². The van der Waals surface area contributed by atoms with Crippen LogP contribution in [0, 0.1) is 6.92 Å². The molecule has 15 heavy (non-hydrogen) atoms. The summed E-state index contributed by atoms with van der Waals surface area (Å²) in [6.07, 6.45) is 0. The monoisotopic (exact) mass is 199 g/mol. The molecule has 0 saturated carbocycles. The van der Waals surface area contributed by atoms with Gasteiger partial charge in [-0.05, 0) is 12.5 Å². The summed E-state index contributed by atoms with van der Waals surface area (Å²) in [6.45, 7) is 2.72. The minimum Gasteiger partial charge on any atom is -0.326 e. The van der Waals surface area contributed by atoms with E-state index in [2.05, 4.69) is 19.1 Å². The average molecular weight is 199 g/mol. The molecular weight excluding hydrogens is 182 g/mol. The Bertz CT molecular complexity index is 354. The lowest BCUT2D eigenvalue weighted by molar-refractivity contribution is 1.07. The number of rotatable bonds is 1. The summed E-state index contributed by atoms with van der Waals surface area (Å²) < 4.78 is 0. The van der Waals surface area contributed by atoms with Crippen LogP contribution in [-0.2, 0) is 6.54 Å². The average Bonchev–Trinajstić information content (AvgIpc) is 2.32. The van der Waals surface area contributed by atoms with Crippen molar-refractivity contribution in [3.63, 3.8) is 0 Å². The van der Waals surface area contributed by atoms with Gasteiger partial charge in [-0.15, -0.1) is 0 Å². The smallest absolute Gasteiger partial charge is 0.0178 e. The summed E-state index contributed by atoms with van der Waals surface area (Å²) in [5.74, 6) is 0. The molecule has 0 bridgehead atoms. The van der Waals surface area contributed by atoms with Gasteiger partial charge in [-0.3, -0.25) is 0 Å². The molecule has 1 nitrogen and oxygen atoms in total. The molecule has 2 aromatic rings. The van der Waals surface area contributed by atoms with Crippen LogP contribution in [0.5, 0.6) is 0 Å². The van der Waals surface area contributed by atoms with Crippen molar-refractivity contribution in [1.29, 1.82) is 0 Å². The fourth-order valence-electron chi connectivity index (χ4n) is 1.15. The number of nitrogens with two attached hydrogens (primary N) is 1. The molecule has 0 aromatic heterocycles. The van der Waals surface area contributed by atoms with E-state index in [1.54, 1.807) is 0 Å². The summed E-state index contributed by atoms with van der Waals surface area (Å²) in [5, 5.41) is 0. The Hall–Kier alpha value is -1.60. The van der Waals surface area contributed by atoms with Crippen LogP contribution in [0.3, 0.4) is 0 Å². The molecule has 0 saturated heterocycles. The van der Waals surface area contributed by atoms with Gasteiger partial charge < -0.3 is 5.73 Å². The molecule has 78 valence electrons. The summed E-state index contributed by atoms with van der Waals surface area (Å²) in [7, 11) is 0. The predicted molar refractivity (Wildman–Crippen MR) is 65.5 cm³/mol. The highest BCUT2D eigenvalue weighted by molar-refractivity contribution is 5.13. The number of benzene rings is 2. The van der Waals surface area contributed by atoms with E-state index in [4.69, 9.17) is 5.73 Å². The van der Waals surface area contributed by atoms with Crippen molar-refractivity contribution in [3.8, 4) is 0 Å². The maximum atomic E-state index is 5.35. The van der Waals surface area contributed by atoms with Gasteiger partial charge in [0.1, 0.15) is 0 Å². The van der Waals surface area contributed by atoms with Gasteiger partial charge in [0.25, 0.3) is 0 Å². The zero-order chi connectivity index (χ0) is 10.9. The van der Waals surface area contributed by atoms with Gasteiger partial charge in [0, 0.05) is 6.54 Å². The van der Waals surface area contributed by atoms with Gasteiger partial charge in [-0.2, -0.15) is 0 Å². The molecule has 2 N–H and O–H groups in total. The highest BCUT2D eigenvalue weighted by Crippen LogP contribution is 1.94. The van der Waals surface area contributed by atoms with E-state index in [0.717, 1.165) is 0 Å². The standard InChI is InChI=1S/C7H9N.C7H8/c8-6-7-4-2-1-3-5-7;1-7-5-3-2-4-6-7/h1-5H,6,8H2;2-6H,1H3. The zero-order valence-corrected chi connectivity index (χ0v) is 9.06. The third-order valence-corrected chi connectivity index (χ3v) is 2.02. The van der Waals surface area contributed by atoms with Crippen molar-refractivity contribution in [2.75, 3.05) is 0 Å². The molecule has 0 aliphatic carbocycles. The third kappa shape index (κ3) is 4.99. The first-order valence-corrected chi connectivity index (χ1v) is 5.08. The minimum atomic E-state index is 0.640. The highest BCUT2D eigenvalue weighted by Gasteiger charge is 1.80. The Balaban J connectivity index is 0.000000151. The first-order valence-electron chi connectivity index (χ1n) is 5.08. The van der Waals surface area contributed by atoms with Crippen LogP contribution in [0.2, 0.25) is 0 Å². The molecule has 0 aliphatic rings. The van der Waals surface area contributed by atoms with E-state index in [-0.39, 0.29) is 0 Å². The molecule has 0 heterocycles. The molecule has 0 amide bonds. The first kappa shape index (κ1) is 11.5. The third-order valence-electron chi connectivity index (χ3n) is 2.02. The van der Waals surface area contributed by atoms with Gasteiger partial charge in [0.05, 0.1) is 0 Å². The quantitative estimate of drug-likeness (QED) is 0.750. The van der Waals surface area contributed by atoms with Crippen LogP contribution >= 0.6 is 0 Å². The molecule has 1 heteroatoms. The van der Waals surface area contributed by atoms with Crippen molar-refractivity contribution in [3.05, 3.63) is 71.8 Å². The van der Waals surface area contributed by atoms with Crippen LogP contribution in [-0.4, -0.2) is 0 Å². The fourth-order valence-corrected chi connectivity index (χ4v) is 1.15. The normalized spacial score (nSPS) is 8.93. The van der Waals surface area contributed by atoms with E-state index >= 15 is 0 Å². The molecular formula is C14H17N. The highest BCUT2D eigenvalue weighted by atomic mass is 14.5. The molecule has 0 atom stereocenters. The molecule has 0 spiro atoms. The summed E-state index contributed by atoms with van der Waals surface area (Å²) in [5.41, 5.74) is 7.86. The largest absolute Gasteiger partial charge is 0.326 e. The van der Waals surface area contributed by atoms with Crippen molar-refractivity contribution < 1.29 is 0 Å². The van der Waals surface area contributed by atoms with Crippen LogP contribution in [0.25, 0.3) is 0 Å². The van der Waals surface area contributed by atoms with E-state index in [1.807, 2.05) is 48.5 Å². The van der Waals surface area contributed by atoms with Crippen LogP contribution in [0.1, 0.15) is 11.1 Å². The van der Waals surface area contributed by atoms with Crippen molar-refractivity contribution >= 4 is 0 Å². The molecule has 2 aromatic carbocycles. The minimum absolute atomic E-state index is 0.640. The van der Waals surface area contributed by atoms with Crippen molar-refractivity contribution in [2.45, 2.75) is 13.5 Å². The SMILES string of the molecule is Cc1ccccc1.NCc1ccccc1. The summed E-state index contributed by atoms with van der Waals surface area (Å²) >= 11 is 0. The summed E-state index contributed by atoms with van der Waals surface area (Å²) in [6, 6.07) is 20.3. The van der Waals surface area contributed by atoms with E-state index in [9.17, 15) is 0 Å². The van der Waals surface area contributed by atoms with Gasteiger partial charge in [0.2, 0.25) is 0 Å². The Kier molecular flexibility index (Phi) is 5.20. The van der Waals surface area contributed by atoms with Gasteiger partial charge in [0.15, 0.2) is 0 Å². The fraction of sp³-hybridized carbons (Fsp3) is 0.143. The van der Waals surface area contributed by atoms with Crippen molar-refractivity contribution in [1.82, 2.24) is 0 Å². The Morgan fingerprint density at radius 2 is 1.27 bits per heavy atom. The van der Waals surface area contributed by atoms with Crippen LogP contribution in [0.15, 0.2) is 60.7 Å². The molecule has 0 radical (unpaired) electrons. The van der Waals surface area contributed by atoms with E-state index in [0.29, 0.717) is 6.54 Å². The lowest BCUT2D eigenvalue weighted by Gasteiger charge is -1.90. The van der Waals surface area contributed by atoms with E-state index < -0.39 is 0 Å². The van der Waals surface area contributed by atoms with Crippen LogP contribution in [0.4, 0.5) is 0 Å². The maximum Gasteiger partial charge on any atom is 0.0178 e. The zero-order valence-electron chi connectivity index (χ0n) is 9.06.